The summed E-state index contributed by atoms with van der Waals surface area (Å²) in [5, 5.41) is 8.89. The smallest absolute Gasteiger partial charge is 0.328 e. The number of carbonyl (C=O) groups is 1. The maximum Gasteiger partial charge on any atom is 0.328 e. The van der Waals surface area contributed by atoms with Gasteiger partial charge in [0.2, 0.25) is 0 Å². The molecule has 2 aliphatic rings. The predicted molar refractivity (Wildman–Crippen MR) is 91.8 cm³/mol. The third kappa shape index (κ3) is 3.31. The number of fused-ring (bicyclic) bond motifs is 1. The molecular formula is C20H32O2. The lowest BCUT2D eigenvalue weighted by Crippen LogP contribution is -2.45. The number of hydrogen-bond donors (Lipinski definition) is 1. The first kappa shape index (κ1) is 17.3. The normalized spacial score (nSPS) is 31.9. The largest absolute Gasteiger partial charge is 0.478 e. The van der Waals surface area contributed by atoms with E-state index in [1.54, 1.807) is 11.1 Å². The van der Waals surface area contributed by atoms with E-state index in [2.05, 4.69) is 27.7 Å². The summed E-state index contributed by atoms with van der Waals surface area (Å²) < 4.78 is 0. The molecule has 2 aliphatic carbocycles. The van der Waals surface area contributed by atoms with E-state index in [9.17, 15) is 4.79 Å². The van der Waals surface area contributed by atoms with Gasteiger partial charge in [-0.25, -0.2) is 4.79 Å². The lowest BCUT2D eigenvalue weighted by Gasteiger charge is -2.55. The van der Waals surface area contributed by atoms with Crippen LogP contribution in [0.25, 0.3) is 0 Å². The molecule has 0 amide bonds. The molecule has 2 atom stereocenters. The van der Waals surface area contributed by atoms with E-state index in [0.29, 0.717) is 10.8 Å². The van der Waals surface area contributed by atoms with Crippen molar-refractivity contribution >= 4 is 5.97 Å². The van der Waals surface area contributed by atoms with Gasteiger partial charge in [-0.15, -0.1) is 0 Å². The van der Waals surface area contributed by atoms with Crippen LogP contribution in [0.2, 0.25) is 0 Å². The molecule has 2 heteroatoms. The Balaban J connectivity index is 2.23. The molecule has 2 nitrogen and oxygen atoms in total. The second kappa shape index (κ2) is 6.22. The Morgan fingerprint density at radius 1 is 1.32 bits per heavy atom. The van der Waals surface area contributed by atoms with Crippen molar-refractivity contribution in [2.45, 2.75) is 79.6 Å². The molecule has 2 rings (SSSR count). The Kier molecular flexibility index (Phi) is 4.89. The van der Waals surface area contributed by atoms with Crippen molar-refractivity contribution in [1.29, 1.82) is 0 Å². The fraction of sp³-hybridized carbons (Fsp3) is 0.750. The van der Waals surface area contributed by atoms with Crippen LogP contribution in [0.5, 0.6) is 0 Å². The number of carboxylic acid groups (broad SMARTS) is 1. The van der Waals surface area contributed by atoms with E-state index >= 15 is 0 Å². The maximum atomic E-state index is 10.8. The molecule has 0 heterocycles. The van der Waals surface area contributed by atoms with E-state index in [1.807, 2.05) is 6.92 Å². The first-order valence-electron chi connectivity index (χ1n) is 8.76. The van der Waals surface area contributed by atoms with Crippen LogP contribution in [0.1, 0.15) is 79.6 Å². The summed E-state index contributed by atoms with van der Waals surface area (Å²) in [5.41, 5.74) is 4.95. The number of rotatable bonds is 4. The Labute approximate surface area is 135 Å². The monoisotopic (exact) mass is 304 g/mol. The Morgan fingerprint density at radius 3 is 2.64 bits per heavy atom. The summed E-state index contributed by atoms with van der Waals surface area (Å²) in [5.74, 6) is -0.0501. The minimum absolute atomic E-state index is 0.327. The highest BCUT2D eigenvalue weighted by Gasteiger charge is 2.49. The molecule has 0 unspecified atom stereocenters. The molecule has 1 fully saturated rings. The van der Waals surface area contributed by atoms with Gasteiger partial charge in [0.1, 0.15) is 0 Å². The molecular weight excluding hydrogens is 272 g/mol. The van der Waals surface area contributed by atoms with E-state index in [1.165, 1.54) is 38.2 Å². The first-order chi connectivity index (χ1) is 10.2. The summed E-state index contributed by atoms with van der Waals surface area (Å²) in [6, 6.07) is 0. The summed E-state index contributed by atoms with van der Waals surface area (Å²) in [6.45, 7) is 11.6. The van der Waals surface area contributed by atoms with Crippen molar-refractivity contribution in [2.24, 2.45) is 16.7 Å². The van der Waals surface area contributed by atoms with Gasteiger partial charge >= 0.3 is 5.97 Å². The van der Waals surface area contributed by atoms with Crippen LogP contribution in [0.3, 0.4) is 0 Å². The Bertz CT molecular complexity index is 510. The van der Waals surface area contributed by atoms with Gasteiger partial charge in [0.05, 0.1) is 0 Å². The summed E-state index contributed by atoms with van der Waals surface area (Å²) in [6.07, 6.45) is 9.78. The third-order valence-corrected chi connectivity index (χ3v) is 6.38. The van der Waals surface area contributed by atoms with Crippen LogP contribution < -0.4 is 0 Å². The Hall–Kier alpha value is -1.05. The van der Waals surface area contributed by atoms with E-state index < -0.39 is 5.97 Å². The van der Waals surface area contributed by atoms with Gasteiger partial charge in [-0.3, -0.25) is 0 Å². The molecule has 1 N–H and O–H groups in total. The van der Waals surface area contributed by atoms with E-state index in [-0.39, 0.29) is 0 Å². The summed E-state index contributed by atoms with van der Waals surface area (Å²) in [4.78, 5) is 10.8. The highest BCUT2D eigenvalue weighted by atomic mass is 16.4. The minimum atomic E-state index is -0.824. The molecule has 0 aromatic heterocycles. The fourth-order valence-corrected chi connectivity index (χ4v) is 5.30. The molecule has 0 aliphatic heterocycles. The van der Waals surface area contributed by atoms with Crippen LogP contribution in [0.15, 0.2) is 22.8 Å². The maximum absolute atomic E-state index is 10.8. The lowest BCUT2D eigenvalue weighted by molar-refractivity contribution is -0.131. The molecule has 0 saturated heterocycles. The van der Waals surface area contributed by atoms with Gasteiger partial charge in [-0.1, -0.05) is 43.9 Å². The zero-order valence-electron chi connectivity index (χ0n) is 15.0. The third-order valence-electron chi connectivity index (χ3n) is 6.38. The van der Waals surface area contributed by atoms with Crippen LogP contribution in [-0.2, 0) is 4.79 Å². The first-order valence-corrected chi connectivity index (χ1v) is 8.76. The minimum Gasteiger partial charge on any atom is -0.478 e. The van der Waals surface area contributed by atoms with Crippen molar-refractivity contribution in [2.75, 3.05) is 0 Å². The topological polar surface area (TPSA) is 37.3 Å². The number of aliphatic carboxylic acids is 1. The van der Waals surface area contributed by atoms with Gasteiger partial charge in [0, 0.05) is 6.08 Å². The molecule has 0 bridgehead atoms. The molecule has 0 spiro atoms. The van der Waals surface area contributed by atoms with Crippen molar-refractivity contribution in [3.8, 4) is 0 Å². The van der Waals surface area contributed by atoms with E-state index in [0.717, 1.165) is 24.3 Å². The Morgan fingerprint density at radius 2 is 2.00 bits per heavy atom. The van der Waals surface area contributed by atoms with Crippen LogP contribution >= 0.6 is 0 Å². The average molecular weight is 304 g/mol. The molecule has 22 heavy (non-hydrogen) atoms. The van der Waals surface area contributed by atoms with Gasteiger partial charge < -0.3 is 5.11 Å². The molecule has 0 aromatic rings. The second-order valence-electron chi connectivity index (χ2n) is 8.44. The molecule has 124 valence electrons. The summed E-state index contributed by atoms with van der Waals surface area (Å²) >= 11 is 0. The quantitative estimate of drug-likeness (QED) is 0.531. The lowest BCUT2D eigenvalue weighted by atomic mass is 9.50. The summed E-state index contributed by atoms with van der Waals surface area (Å²) in [7, 11) is 0. The van der Waals surface area contributed by atoms with Gasteiger partial charge in [-0.2, -0.15) is 0 Å². The van der Waals surface area contributed by atoms with Gasteiger partial charge in [0.15, 0.2) is 0 Å². The average Bonchev–Trinajstić information content (AvgIpc) is 2.35. The number of carboxylic acids is 1. The van der Waals surface area contributed by atoms with Gasteiger partial charge in [0.25, 0.3) is 0 Å². The van der Waals surface area contributed by atoms with Crippen LogP contribution in [0.4, 0.5) is 0 Å². The fourth-order valence-electron chi connectivity index (χ4n) is 5.30. The van der Waals surface area contributed by atoms with E-state index in [4.69, 9.17) is 5.11 Å². The number of hydrogen-bond acceptors (Lipinski definition) is 1. The van der Waals surface area contributed by atoms with Crippen molar-refractivity contribution in [3.63, 3.8) is 0 Å². The zero-order chi connectivity index (χ0) is 16.5. The molecule has 1 saturated carbocycles. The van der Waals surface area contributed by atoms with Crippen molar-refractivity contribution < 1.29 is 9.90 Å². The van der Waals surface area contributed by atoms with Crippen molar-refractivity contribution in [1.82, 2.24) is 0 Å². The zero-order valence-corrected chi connectivity index (χ0v) is 15.0. The highest BCUT2D eigenvalue weighted by molar-refractivity contribution is 5.80. The SMILES string of the molecule is CC1=C(CC/C(C)=C/C(=O)O)[C@@]2(C)CCCC(C)(C)[C@@H]2CC1. The molecule has 0 aromatic carbocycles. The standard InChI is InChI=1S/C20H32O2/c1-14(13-18(21)22)7-9-16-15(2)8-10-17-19(3,4)11-6-12-20(16,17)5/h13,17H,6-12H2,1-5H3,(H,21,22)/b14-13+/t17-,20+/m0/s1. The predicted octanol–water partition coefficient (Wildman–Crippen LogP) is 5.74. The highest BCUT2D eigenvalue weighted by Crippen LogP contribution is 2.60. The second-order valence-corrected chi connectivity index (χ2v) is 8.44. The van der Waals surface area contributed by atoms with Crippen LogP contribution in [0, 0.1) is 16.7 Å². The van der Waals surface area contributed by atoms with Gasteiger partial charge in [-0.05, 0) is 69.1 Å². The number of allylic oxidation sites excluding steroid dienone is 3. The molecule has 0 radical (unpaired) electrons. The van der Waals surface area contributed by atoms with Crippen molar-refractivity contribution in [3.05, 3.63) is 22.8 Å². The van der Waals surface area contributed by atoms with Crippen LogP contribution in [-0.4, -0.2) is 11.1 Å².